The molecule has 2 fully saturated rings. The van der Waals surface area contributed by atoms with E-state index in [-0.39, 0.29) is 0 Å². The second kappa shape index (κ2) is 5.33. The lowest BCUT2D eigenvalue weighted by Crippen LogP contribution is -2.25. The summed E-state index contributed by atoms with van der Waals surface area (Å²) in [5, 5.41) is 3.53. The number of nitrogen functional groups attached to an aromatic ring is 1. The van der Waals surface area contributed by atoms with Gasteiger partial charge in [0, 0.05) is 18.0 Å². The van der Waals surface area contributed by atoms with Crippen molar-refractivity contribution >= 4 is 11.6 Å². The maximum Gasteiger partial charge on any atom is 0.145 e. The van der Waals surface area contributed by atoms with Gasteiger partial charge in [0.1, 0.15) is 17.5 Å². The van der Waals surface area contributed by atoms with Gasteiger partial charge in [-0.15, -0.1) is 0 Å². The molecule has 19 heavy (non-hydrogen) atoms. The standard InChI is InChI=1S/C14H23N5/c1-9(10-4-2-3-5-10)16-12-8-13(19-15)18-14(17-12)11-6-7-11/h8-11H,2-7,15H2,1H3,(H2,16,17,18,19). The molecule has 1 heterocycles. The SMILES string of the molecule is CC(Nc1cc(NN)nc(C2CC2)n1)C1CCCC1. The number of anilines is 2. The third-order valence-corrected chi connectivity index (χ3v) is 4.32. The lowest BCUT2D eigenvalue weighted by Gasteiger charge is -2.21. The van der Waals surface area contributed by atoms with E-state index in [0.29, 0.717) is 17.8 Å². The summed E-state index contributed by atoms with van der Waals surface area (Å²) in [4.78, 5) is 9.07. The molecule has 0 bridgehead atoms. The number of hydrogen-bond acceptors (Lipinski definition) is 5. The monoisotopic (exact) mass is 261 g/mol. The smallest absolute Gasteiger partial charge is 0.145 e. The summed E-state index contributed by atoms with van der Waals surface area (Å²) < 4.78 is 0. The molecule has 0 aromatic carbocycles. The highest BCUT2D eigenvalue weighted by atomic mass is 15.3. The summed E-state index contributed by atoms with van der Waals surface area (Å²) in [6.45, 7) is 2.25. The topological polar surface area (TPSA) is 75.9 Å². The van der Waals surface area contributed by atoms with Crippen molar-refractivity contribution in [1.82, 2.24) is 9.97 Å². The van der Waals surface area contributed by atoms with E-state index in [9.17, 15) is 0 Å². The lowest BCUT2D eigenvalue weighted by molar-refractivity contribution is 0.481. The van der Waals surface area contributed by atoms with E-state index < -0.39 is 0 Å². The van der Waals surface area contributed by atoms with Gasteiger partial charge in [0.15, 0.2) is 0 Å². The van der Waals surface area contributed by atoms with Crippen molar-refractivity contribution in [3.8, 4) is 0 Å². The Bertz CT molecular complexity index is 437. The number of nitrogens with two attached hydrogens (primary N) is 1. The molecule has 0 aliphatic heterocycles. The predicted molar refractivity (Wildman–Crippen MR) is 76.9 cm³/mol. The zero-order chi connectivity index (χ0) is 13.2. The highest BCUT2D eigenvalue weighted by Gasteiger charge is 2.28. The predicted octanol–water partition coefficient (Wildman–Crippen LogP) is 2.63. The van der Waals surface area contributed by atoms with Crippen LogP contribution in [0.4, 0.5) is 11.6 Å². The normalized spacial score (nSPS) is 21.4. The van der Waals surface area contributed by atoms with Crippen LogP contribution in [0.5, 0.6) is 0 Å². The number of nitrogens with zero attached hydrogens (tertiary/aromatic N) is 2. The molecule has 4 N–H and O–H groups in total. The van der Waals surface area contributed by atoms with Crippen LogP contribution in [0.15, 0.2) is 6.07 Å². The molecular weight excluding hydrogens is 238 g/mol. The van der Waals surface area contributed by atoms with Crippen LogP contribution in [0.25, 0.3) is 0 Å². The average molecular weight is 261 g/mol. The minimum absolute atomic E-state index is 0.468. The number of hydrazine groups is 1. The zero-order valence-electron chi connectivity index (χ0n) is 11.5. The Morgan fingerprint density at radius 3 is 2.47 bits per heavy atom. The lowest BCUT2D eigenvalue weighted by atomic mass is 10.00. The van der Waals surface area contributed by atoms with Crippen LogP contribution >= 0.6 is 0 Å². The van der Waals surface area contributed by atoms with Gasteiger partial charge in [-0.25, -0.2) is 15.8 Å². The number of nitrogens with one attached hydrogen (secondary N) is 2. The molecule has 1 aromatic rings. The first-order valence-electron chi connectivity index (χ1n) is 7.38. The van der Waals surface area contributed by atoms with Gasteiger partial charge in [0.25, 0.3) is 0 Å². The molecular formula is C14H23N5. The zero-order valence-corrected chi connectivity index (χ0v) is 11.5. The molecule has 5 heteroatoms. The van der Waals surface area contributed by atoms with Crippen molar-refractivity contribution in [2.75, 3.05) is 10.7 Å². The molecule has 3 rings (SSSR count). The first-order chi connectivity index (χ1) is 9.26. The van der Waals surface area contributed by atoms with E-state index in [1.807, 2.05) is 6.07 Å². The molecule has 5 nitrogen and oxygen atoms in total. The molecule has 0 spiro atoms. The fourth-order valence-electron chi connectivity index (χ4n) is 2.95. The summed E-state index contributed by atoms with van der Waals surface area (Å²) in [6.07, 6.45) is 7.79. The Balaban J connectivity index is 1.73. The molecule has 0 radical (unpaired) electrons. The van der Waals surface area contributed by atoms with E-state index in [1.165, 1.54) is 38.5 Å². The molecule has 104 valence electrons. The molecule has 1 unspecified atom stereocenters. The number of hydrogen-bond donors (Lipinski definition) is 3. The van der Waals surface area contributed by atoms with Gasteiger partial charge in [0.05, 0.1) is 0 Å². The van der Waals surface area contributed by atoms with E-state index in [2.05, 4.69) is 27.6 Å². The van der Waals surface area contributed by atoms with Crippen molar-refractivity contribution < 1.29 is 0 Å². The van der Waals surface area contributed by atoms with Crippen molar-refractivity contribution in [3.05, 3.63) is 11.9 Å². The first-order valence-corrected chi connectivity index (χ1v) is 7.38. The third-order valence-electron chi connectivity index (χ3n) is 4.32. The van der Waals surface area contributed by atoms with Gasteiger partial charge in [-0.3, -0.25) is 0 Å². The van der Waals surface area contributed by atoms with Gasteiger partial charge in [-0.05, 0) is 38.5 Å². The van der Waals surface area contributed by atoms with Crippen LogP contribution in [-0.4, -0.2) is 16.0 Å². The summed E-state index contributed by atoms with van der Waals surface area (Å²) >= 11 is 0. The maximum atomic E-state index is 5.49. The van der Waals surface area contributed by atoms with Gasteiger partial charge >= 0.3 is 0 Å². The average Bonchev–Trinajstić information content (AvgIpc) is 3.13. The second-order valence-electron chi connectivity index (χ2n) is 5.89. The minimum atomic E-state index is 0.468. The number of aromatic nitrogens is 2. The fourth-order valence-corrected chi connectivity index (χ4v) is 2.95. The van der Waals surface area contributed by atoms with Crippen molar-refractivity contribution in [2.24, 2.45) is 11.8 Å². The number of rotatable bonds is 5. The van der Waals surface area contributed by atoms with E-state index in [0.717, 1.165) is 17.6 Å². The van der Waals surface area contributed by atoms with Gasteiger partial charge < -0.3 is 10.7 Å². The second-order valence-corrected chi connectivity index (χ2v) is 5.89. The van der Waals surface area contributed by atoms with E-state index in [1.54, 1.807) is 0 Å². The quantitative estimate of drug-likeness (QED) is 0.561. The summed E-state index contributed by atoms with van der Waals surface area (Å²) in [6, 6.07) is 2.37. The Kier molecular flexibility index (Phi) is 3.55. The molecule has 2 saturated carbocycles. The third kappa shape index (κ3) is 2.97. The van der Waals surface area contributed by atoms with Crippen LogP contribution in [0, 0.1) is 5.92 Å². The summed E-state index contributed by atoms with van der Waals surface area (Å²) in [5.41, 5.74) is 2.64. The molecule has 0 saturated heterocycles. The van der Waals surface area contributed by atoms with Crippen molar-refractivity contribution in [3.63, 3.8) is 0 Å². The Hall–Kier alpha value is -1.36. The molecule has 1 atom stereocenters. The van der Waals surface area contributed by atoms with Crippen molar-refractivity contribution in [2.45, 2.75) is 57.4 Å². The fraction of sp³-hybridized carbons (Fsp3) is 0.714. The summed E-state index contributed by atoms with van der Waals surface area (Å²) in [7, 11) is 0. The molecule has 0 amide bonds. The van der Waals surface area contributed by atoms with E-state index >= 15 is 0 Å². The van der Waals surface area contributed by atoms with Crippen LogP contribution in [0.1, 0.15) is 57.2 Å². The summed E-state index contributed by atoms with van der Waals surface area (Å²) in [5.74, 6) is 9.34. The van der Waals surface area contributed by atoms with Crippen LogP contribution in [0.2, 0.25) is 0 Å². The maximum absolute atomic E-state index is 5.49. The largest absolute Gasteiger partial charge is 0.367 e. The molecule has 1 aromatic heterocycles. The highest BCUT2D eigenvalue weighted by Crippen LogP contribution is 2.39. The Labute approximate surface area is 114 Å². The van der Waals surface area contributed by atoms with Gasteiger partial charge in [-0.1, -0.05) is 12.8 Å². The Morgan fingerprint density at radius 2 is 1.84 bits per heavy atom. The molecule has 2 aliphatic rings. The minimum Gasteiger partial charge on any atom is -0.367 e. The van der Waals surface area contributed by atoms with Gasteiger partial charge in [-0.2, -0.15) is 0 Å². The van der Waals surface area contributed by atoms with Gasteiger partial charge in [0.2, 0.25) is 0 Å². The Morgan fingerprint density at radius 1 is 1.16 bits per heavy atom. The van der Waals surface area contributed by atoms with Crippen LogP contribution < -0.4 is 16.6 Å². The first kappa shape index (κ1) is 12.7. The highest BCUT2D eigenvalue weighted by molar-refractivity contribution is 5.48. The molecule has 2 aliphatic carbocycles. The van der Waals surface area contributed by atoms with Crippen LogP contribution in [0.3, 0.4) is 0 Å². The van der Waals surface area contributed by atoms with Crippen LogP contribution in [-0.2, 0) is 0 Å². The van der Waals surface area contributed by atoms with Crippen molar-refractivity contribution in [1.29, 1.82) is 0 Å². The van der Waals surface area contributed by atoms with E-state index in [4.69, 9.17) is 5.84 Å².